The van der Waals surface area contributed by atoms with E-state index in [-0.39, 0.29) is 23.8 Å². The Morgan fingerprint density at radius 2 is 1.85 bits per heavy atom. The summed E-state index contributed by atoms with van der Waals surface area (Å²) in [4.78, 5) is 29.0. The monoisotopic (exact) mass is 355 g/mol. The first kappa shape index (κ1) is 17.5. The van der Waals surface area contributed by atoms with Gasteiger partial charge in [0.25, 0.3) is 0 Å². The molecule has 5 nitrogen and oxygen atoms in total. The molecule has 140 valence electrons. The number of amides is 2. The lowest BCUT2D eigenvalue weighted by atomic mass is 9.84. The van der Waals surface area contributed by atoms with E-state index in [2.05, 4.69) is 29.2 Å². The first-order valence-corrected chi connectivity index (χ1v) is 9.99. The van der Waals surface area contributed by atoms with Crippen LogP contribution in [0.2, 0.25) is 0 Å². The van der Waals surface area contributed by atoms with Gasteiger partial charge in [-0.2, -0.15) is 0 Å². The Hall–Kier alpha value is -1.88. The van der Waals surface area contributed by atoms with Crippen molar-refractivity contribution in [3.63, 3.8) is 0 Å². The molecular weight excluding hydrogens is 326 g/mol. The highest BCUT2D eigenvalue weighted by atomic mass is 16.2. The number of nitrogens with zero attached hydrogens (tertiary/aromatic N) is 2. The molecule has 0 aromatic heterocycles. The summed E-state index contributed by atoms with van der Waals surface area (Å²) in [6.07, 6.45) is 5.30. The zero-order chi connectivity index (χ0) is 18.1. The number of nitrogens with two attached hydrogens (primary N) is 1. The van der Waals surface area contributed by atoms with Crippen LogP contribution in [0, 0.1) is 17.8 Å². The first-order valence-electron chi connectivity index (χ1n) is 9.99. The van der Waals surface area contributed by atoms with Crippen LogP contribution in [-0.4, -0.2) is 53.8 Å². The van der Waals surface area contributed by atoms with E-state index < -0.39 is 0 Å². The molecule has 0 bridgehead atoms. The Morgan fingerprint density at radius 1 is 1.08 bits per heavy atom. The number of rotatable bonds is 6. The second-order valence-corrected chi connectivity index (χ2v) is 8.23. The molecule has 3 atom stereocenters. The number of hydrogen-bond donors (Lipinski definition) is 1. The van der Waals surface area contributed by atoms with Crippen molar-refractivity contribution in [3.05, 3.63) is 35.9 Å². The Labute approximate surface area is 155 Å². The van der Waals surface area contributed by atoms with Crippen molar-refractivity contribution >= 4 is 11.8 Å². The highest BCUT2D eigenvalue weighted by molar-refractivity contribution is 5.82. The molecule has 0 spiro atoms. The van der Waals surface area contributed by atoms with Gasteiger partial charge in [-0.1, -0.05) is 36.8 Å². The maximum absolute atomic E-state index is 12.5. The lowest BCUT2D eigenvalue weighted by Crippen LogP contribution is -2.47. The highest BCUT2D eigenvalue weighted by Crippen LogP contribution is 2.38. The van der Waals surface area contributed by atoms with Crippen LogP contribution in [0.4, 0.5) is 0 Å². The number of carbonyl (C=O) groups is 2. The van der Waals surface area contributed by atoms with Gasteiger partial charge in [-0.25, -0.2) is 0 Å². The van der Waals surface area contributed by atoms with Crippen LogP contribution in [0.5, 0.6) is 0 Å². The predicted molar refractivity (Wildman–Crippen MR) is 100 cm³/mol. The summed E-state index contributed by atoms with van der Waals surface area (Å²) in [6.45, 7) is 3.30. The van der Waals surface area contributed by atoms with Gasteiger partial charge in [-0.3, -0.25) is 14.5 Å². The fourth-order valence-corrected chi connectivity index (χ4v) is 4.98. The average Bonchev–Trinajstić information content (AvgIpc) is 3.11. The molecule has 1 aromatic rings. The van der Waals surface area contributed by atoms with Crippen LogP contribution in [-0.2, 0) is 16.0 Å². The first-order chi connectivity index (χ1) is 12.6. The Balaban J connectivity index is 1.34. The minimum absolute atomic E-state index is 0.213. The molecule has 2 N–H and O–H groups in total. The van der Waals surface area contributed by atoms with Crippen LogP contribution < -0.4 is 5.73 Å². The van der Waals surface area contributed by atoms with E-state index in [1.54, 1.807) is 0 Å². The van der Waals surface area contributed by atoms with E-state index in [1.165, 1.54) is 12.0 Å². The second-order valence-electron chi connectivity index (χ2n) is 8.23. The van der Waals surface area contributed by atoms with E-state index in [4.69, 9.17) is 5.73 Å². The molecule has 3 fully saturated rings. The van der Waals surface area contributed by atoms with Crippen LogP contribution >= 0.6 is 0 Å². The van der Waals surface area contributed by atoms with Crippen molar-refractivity contribution in [2.24, 2.45) is 23.5 Å². The number of primary amides is 1. The molecule has 1 aromatic carbocycles. The minimum Gasteiger partial charge on any atom is -0.368 e. The lowest BCUT2D eigenvalue weighted by Gasteiger charge is -2.31. The van der Waals surface area contributed by atoms with Crippen molar-refractivity contribution in [2.75, 3.05) is 26.2 Å². The van der Waals surface area contributed by atoms with Crippen molar-refractivity contribution in [2.45, 2.75) is 38.1 Å². The zero-order valence-corrected chi connectivity index (χ0v) is 15.3. The molecular formula is C21H29N3O2. The van der Waals surface area contributed by atoms with Crippen molar-refractivity contribution in [1.29, 1.82) is 0 Å². The van der Waals surface area contributed by atoms with Gasteiger partial charge in [0, 0.05) is 31.5 Å². The quantitative estimate of drug-likeness (QED) is 0.844. The van der Waals surface area contributed by atoms with Gasteiger partial charge >= 0.3 is 0 Å². The number of aryl methyl sites for hydroxylation is 1. The highest BCUT2D eigenvalue weighted by Gasteiger charge is 2.50. The van der Waals surface area contributed by atoms with E-state index in [0.29, 0.717) is 18.4 Å². The summed E-state index contributed by atoms with van der Waals surface area (Å²) < 4.78 is 0. The van der Waals surface area contributed by atoms with E-state index in [9.17, 15) is 9.59 Å². The summed E-state index contributed by atoms with van der Waals surface area (Å²) >= 11 is 0. The number of likely N-dealkylation sites (tertiary alicyclic amines) is 2. The second kappa shape index (κ2) is 7.39. The van der Waals surface area contributed by atoms with Crippen molar-refractivity contribution < 1.29 is 9.59 Å². The van der Waals surface area contributed by atoms with Gasteiger partial charge in [0.2, 0.25) is 11.8 Å². The standard InChI is InChI=1S/C21H29N3O2/c22-20(25)19-18-14-24(21(26)16-9-4-10-16)13-17(18)12-23(19)11-5-8-15-6-2-1-3-7-15/h1-3,6-7,16-19H,4-5,8-14H2,(H2,22,25)/t17?,18-,19?/m1/s1. The molecule has 3 aliphatic rings. The summed E-state index contributed by atoms with van der Waals surface area (Å²) in [6, 6.07) is 10.2. The zero-order valence-electron chi connectivity index (χ0n) is 15.3. The third kappa shape index (κ3) is 3.37. The molecule has 2 amide bonds. The minimum atomic E-state index is -0.227. The molecule has 4 rings (SSSR count). The predicted octanol–water partition coefficient (Wildman–Crippen LogP) is 1.66. The maximum Gasteiger partial charge on any atom is 0.235 e. The average molecular weight is 355 g/mol. The van der Waals surface area contributed by atoms with Gasteiger partial charge in [-0.05, 0) is 43.7 Å². The van der Waals surface area contributed by atoms with E-state index in [1.807, 2.05) is 11.0 Å². The van der Waals surface area contributed by atoms with Gasteiger partial charge in [-0.15, -0.1) is 0 Å². The third-order valence-corrected chi connectivity index (χ3v) is 6.57. The summed E-state index contributed by atoms with van der Waals surface area (Å²) in [7, 11) is 0. The van der Waals surface area contributed by atoms with E-state index in [0.717, 1.165) is 45.3 Å². The summed E-state index contributed by atoms with van der Waals surface area (Å²) in [5.74, 6) is 0.934. The molecule has 0 radical (unpaired) electrons. The lowest BCUT2D eigenvalue weighted by molar-refractivity contribution is -0.138. The molecule has 5 heteroatoms. The number of hydrogen-bond acceptors (Lipinski definition) is 3. The van der Waals surface area contributed by atoms with Crippen LogP contribution in [0.15, 0.2) is 30.3 Å². The van der Waals surface area contributed by atoms with Gasteiger partial charge < -0.3 is 10.6 Å². The number of benzene rings is 1. The molecule has 1 saturated carbocycles. The molecule has 2 heterocycles. The van der Waals surface area contributed by atoms with Crippen molar-refractivity contribution in [3.8, 4) is 0 Å². The fraction of sp³-hybridized carbons (Fsp3) is 0.619. The number of fused-ring (bicyclic) bond motifs is 1. The van der Waals surface area contributed by atoms with Gasteiger partial charge in [0.15, 0.2) is 0 Å². The largest absolute Gasteiger partial charge is 0.368 e. The van der Waals surface area contributed by atoms with Crippen molar-refractivity contribution in [1.82, 2.24) is 9.80 Å². The molecule has 26 heavy (non-hydrogen) atoms. The topological polar surface area (TPSA) is 66.6 Å². The SMILES string of the molecule is NC(=O)C1[C@@H]2CN(C(=O)C3CCC3)CC2CN1CCCc1ccccc1. The fourth-order valence-electron chi connectivity index (χ4n) is 4.98. The van der Waals surface area contributed by atoms with Crippen LogP contribution in [0.1, 0.15) is 31.2 Å². The Bertz CT molecular complexity index is 658. The van der Waals surface area contributed by atoms with E-state index >= 15 is 0 Å². The molecule has 2 saturated heterocycles. The Morgan fingerprint density at radius 3 is 2.50 bits per heavy atom. The van der Waals surface area contributed by atoms with Crippen LogP contribution in [0.25, 0.3) is 0 Å². The molecule has 1 aliphatic carbocycles. The number of carbonyl (C=O) groups excluding carboxylic acids is 2. The summed E-state index contributed by atoms with van der Waals surface area (Å²) in [5, 5.41) is 0. The Kier molecular flexibility index (Phi) is 4.98. The molecule has 2 unspecified atom stereocenters. The van der Waals surface area contributed by atoms with Crippen LogP contribution in [0.3, 0.4) is 0 Å². The third-order valence-electron chi connectivity index (χ3n) is 6.57. The van der Waals surface area contributed by atoms with Gasteiger partial charge in [0.1, 0.15) is 0 Å². The maximum atomic E-state index is 12.5. The molecule has 2 aliphatic heterocycles. The normalized spacial score (nSPS) is 28.8. The summed E-state index contributed by atoms with van der Waals surface area (Å²) in [5.41, 5.74) is 7.09. The van der Waals surface area contributed by atoms with Gasteiger partial charge in [0.05, 0.1) is 6.04 Å². The smallest absolute Gasteiger partial charge is 0.235 e.